The normalized spacial score (nSPS) is 18.8. The molecule has 7 heteroatoms. The maximum absolute atomic E-state index is 12.9. The van der Waals surface area contributed by atoms with Gasteiger partial charge in [-0.05, 0) is 24.3 Å². The van der Waals surface area contributed by atoms with Crippen molar-refractivity contribution in [2.75, 3.05) is 6.54 Å². The van der Waals surface area contributed by atoms with Crippen molar-refractivity contribution >= 4 is 18.0 Å². The van der Waals surface area contributed by atoms with Gasteiger partial charge >= 0.3 is 12.1 Å². The van der Waals surface area contributed by atoms with Crippen LogP contribution in [0.4, 0.5) is 4.79 Å². The average molecular weight is 362 g/mol. The first kappa shape index (κ1) is 19.8. The van der Waals surface area contributed by atoms with E-state index in [1.54, 1.807) is 0 Å². The molecule has 1 aromatic carbocycles. The van der Waals surface area contributed by atoms with Gasteiger partial charge in [0, 0.05) is 6.54 Å². The maximum atomic E-state index is 12.9. The van der Waals surface area contributed by atoms with Gasteiger partial charge in [-0.25, -0.2) is 9.59 Å². The fraction of sp³-hybridized carbons (Fsp3) is 0.526. The number of aliphatic carboxylic acids is 1. The Morgan fingerprint density at radius 3 is 2.62 bits per heavy atom. The second kappa shape index (κ2) is 9.22. The topological polar surface area (TPSA) is 95.9 Å². The predicted molar refractivity (Wildman–Crippen MR) is 95.4 cm³/mol. The van der Waals surface area contributed by atoms with Gasteiger partial charge < -0.3 is 20.1 Å². The third-order valence-corrected chi connectivity index (χ3v) is 4.79. The SMILES string of the molecule is CCC(C)C(NC(=O)OCc1ccccc1)C(=O)N1CCCC1C(=O)O. The number of carboxylic acids is 1. The highest BCUT2D eigenvalue weighted by Gasteiger charge is 2.39. The van der Waals surface area contributed by atoms with Gasteiger partial charge in [-0.2, -0.15) is 0 Å². The van der Waals surface area contributed by atoms with Gasteiger partial charge in [-0.1, -0.05) is 50.6 Å². The summed E-state index contributed by atoms with van der Waals surface area (Å²) in [5, 5.41) is 11.9. The quantitative estimate of drug-likeness (QED) is 0.776. The lowest BCUT2D eigenvalue weighted by atomic mass is 9.97. The minimum absolute atomic E-state index is 0.107. The van der Waals surface area contributed by atoms with Crippen molar-refractivity contribution in [3.05, 3.63) is 35.9 Å². The molecule has 3 unspecified atom stereocenters. The first-order valence-corrected chi connectivity index (χ1v) is 8.94. The number of carbonyl (C=O) groups excluding carboxylic acids is 2. The number of nitrogens with one attached hydrogen (secondary N) is 1. The summed E-state index contributed by atoms with van der Waals surface area (Å²) in [5.74, 6) is -1.51. The summed E-state index contributed by atoms with van der Waals surface area (Å²) in [6.45, 7) is 4.27. The summed E-state index contributed by atoms with van der Waals surface area (Å²) in [4.78, 5) is 37.7. The summed E-state index contributed by atoms with van der Waals surface area (Å²) in [6, 6.07) is 7.62. The Bertz CT molecular complexity index is 634. The fourth-order valence-corrected chi connectivity index (χ4v) is 3.04. The maximum Gasteiger partial charge on any atom is 0.408 e. The number of benzene rings is 1. The average Bonchev–Trinajstić information content (AvgIpc) is 3.14. The summed E-state index contributed by atoms with van der Waals surface area (Å²) in [6.07, 6.45) is 1.07. The van der Waals surface area contributed by atoms with Crippen LogP contribution in [0.15, 0.2) is 30.3 Å². The van der Waals surface area contributed by atoms with E-state index in [4.69, 9.17) is 4.74 Å². The number of hydrogen-bond acceptors (Lipinski definition) is 4. The van der Waals surface area contributed by atoms with Crippen molar-refractivity contribution in [2.24, 2.45) is 5.92 Å². The molecular weight excluding hydrogens is 336 g/mol. The Labute approximate surface area is 153 Å². The van der Waals surface area contributed by atoms with Crippen LogP contribution >= 0.6 is 0 Å². The molecular formula is C19H26N2O5. The van der Waals surface area contributed by atoms with Gasteiger partial charge in [0.1, 0.15) is 18.7 Å². The molecule has 142 valence electrons. The minimum Gasteiger partial charge on any atom is -0.480 e. The first-order chi connectivity index (χ1) is 12.4. The van der Waals surface area contributed by atoms with Gasteiger partial charge in [-0.3, -0.25) is 4.79 Å². The highest BCUT2D eigenvalue weighted by atomic mass is 16.5. The Balaban J connectivity index is 2.01. The number of carboxylic acid groups (broad SMARTS) is 1. The molecule has 0 spiro atoms. The van der Waals surface area contributed by atoms with E-state index in [-0.39, 0.29) is 18.4 Å². The molecule has 2 rings (SSSR count). The van der Waals surface area contributed by atoms with E-state index < -0.39 is 24.1 Å². The minimum atomic E-state index is -1.01. The number of carbonyl (C=O) groups is 3. The Morgan fingerprint density at radius 2 is 2.00 bits per heavy atom. The van der Waals surface area contributed by atoms with Crippen molar-refractivity contribution in [2.45, 2.75) is 51.8 Å². The van der Waals surface area contributed by atoms with Crippen molar-refractivity contribution in [1.82, 2.24) is 10.2 Å². The molecule has 2 amide bonds. The molecule has 0 aromatic heterocycles. The fourth-order valence-electron chi connectivity index (χ4n) is 3.04. The number of hydrogen-bond donors (Lipinski definition) is 2. The van der Waals surface area contributed by atoms with E-state index >= 15 is 0 Å². The highest BCUT2D eigenvalue weighted by Crippen LogP contribution is 2.21. The third-order valence-electron chi connectivity index (χ3n) is 4.79. The van der Waals surface area contributed by atoms with Crippen molar-refractivity contribution in [3.8, 4) is 0 Å². The molecule has 1 heterocycles. The number of rotatable bonds is 7. The van der Waals surface area contributed by atoms with E-state index in [1.807, 2.05) is 44.2 Å². The van der Waals surface area contributed by atoms with Crippen molar-refractivity contribution < 1.29 is 24.2 Å². The molecule has 0 bridgehead atoms. The summed E-state index contributed by atoms with van der Waals surface area (Å²) in [7, 11) is 0. The molecule has 3 atom stereocenters. The monoisotopic (exact) mass is 362 g/mol. The lowest BCUT2D eigenvalue weighted by Crippen LogP contribution is -2.54. The molecule has 1 aliphatic rings. The van der Waals surface area contributed by atoms with Crippen LogP contribution in [0.2, 0.25) is 0 Å². The number of amides is 2. The van der Waals surface area contributed by atoms with Crippen LogP contribution in [0.1, 0.15) is 38.7 Å². The summed E-state index contributed by atoms with van der Waals surface area (Å²) < 4.78 is 5.20. The van der Waals surface area contributed by atoms with Crippen LogP contribution in [-0.4, -0.2) is 46.6 Å². The van der Waals surface area contributed by atoms with Crippen LogP contribution in [0.3, 0.4) is 0 Å². The van der Waals surface area contributed by atoms with E-state index in [9.17, 15) is 19.5 Å². The molecule has 26 heavy (non-hydrogen) atoms. The van der Waals surface area contributed by atoms with Gasteiger partial charge in [0.25, 0.3) is 0 Å². The molecule has 2 N–H and O–H groups in total. The molecule has 7 nitrogen and oxygen atoms in total. The lowest BCUT2D eigenvalue weighted by molar-refractivity contribution is -0.149. The summed E-state index contributed by atoms with van der Waals surface area (Å²) >= 11 is 0. The van der Waals surface area contributed by atoms with E-state index in [1.165, 1.54) is 4.90 Å². The van der Waals surface area contributed by atoms with Crippen LogP contribution in [-0.2, 0) is 20.9 Å². The zero-order valence-electron chi connectivity index (χ0n) is 15.2. The number of alkyl carbamates (subject to hydrolysis) is 1. The Morgan fingerprint density at radius 1 is 1.31 bits per heavy atom. The van der Waals surface area contributed by atoms with E-state index in [2.05, 4.69) is 5.32 Å². The second-order valence-corrected chi connectivity index (χ2v) is 6.60. The van der Waals surface area contributed by atoms with Gasteiger partial charge in [0.05, 0.1) is 0 Å². The number of likely N-dealkylation sites (tertiary alicyclic amines) is 1. The number of nitrogens with zero attached hydrogens (tertiary/aromatic N) is 1. The smallest absolute Gasteiger partial charge is 0.408 e. The second-order valence-electron chi connectivity index (χ2n) is 6.60. The predicted octanol–water partition coefficient (Wildman–Crippen LogP) is 2.40. The van der Waals surface area contributed by atoms with Crippen molar-refractivity contribution in [3.63, 3.8) is 0 Å². The Kier molecular flexibility index (Phi) is 7.00. The zero-order valence-corrected chi connectivity index (χ0v) is 15.2. The zero-order chi connectivity index (χ0) is 19.1. The largest absolute Gasteiger partial charge is 0.480 e. The van der Waals surface area contributed by atoms with Crippen LogP contribution in [0.25, 0.3) is 0 Å². The molecule has 0 saturated carbocycles. The van der Waals surface area contributed by atoms with Crippen LogP contribution in [0.5, 0.6) is 0 Å². The van der Waals surface area contributed by atoms with Crippen LogP contribution < -0.4 is 5.32 Å². The molecule has 1 saturated heterocycles. The molecule has 1 aliphatic heterocycles. The lowest BCUT2D eigenvalue weighted by Gasteiger charge is -2.30. The highest BCUT2D eigenvalue weighted by molar-refractivity contribution is 5.90. The van der Waals surface area contributed by atoms with Crippen molar-refractivity contribution in [1.29, 1.82) is 0 Å². The van der Waals surface area contributed by atoms with E-state index in [0.29, 0.717) is 25.8 Å². The molecule has 1 fully saturated rings. The Hall–Kier alpha value is -2.57. The van der Waals surface area contributed by atoms with Gasteiger partial charge in [-0.15, -0.1) is 0 Å². The third kappa shape index (κ3) is 4.97. The number of ether oxygens (including phenoxy) is 1. The standard InChI is InChI=1S/C19H26N2O5/c1-3-13(2)16(17(22)21-11-7-10-15(21)18(23)24)20-19(25)26-12-14-8-5-4-6-9-14/h4-6,8-9,13,15-16H,3,7,10-12H2,1-2H3,(H,20,25)(H,23,24). The molecule has 0 radical (unpaired) electrons. The molecule has 1 aromatic rings. The molecule has 0 aliphatic carbocycles. The van der Waals surface area contributed by atoms with Crippen LogP contribution in [0, 0.1) is 5.92 Å². The van der Waals surface area contributed by atoms with Gasteiger partial charge in [0.15, 0.2) is 0 Å². The first-order valence-electron chi connectivity index (χ1n) is 8.94. The van der Waals surface area contributed by atoms with Gasteiger partial charge in [0.2, 0.25) is 5.91 Å². The summed E-state index contributed by atoms with van der Waals surface area (Å²) in [5.41, 5.74) is 0.847. The van der Waals surface area contributed by atoms with E-state index in [0.717, 1.165) is 5.56 Å².